The summed E-state index contributed by atoms with van der Waals surface area (Å²) in [6.07, 6.45) is -10.8. The number of benzene rings is 2. The van der Waals surface area contributed by atoms with Crippen LogP contribution in [0, 0.1) is 3.57 Å². The van der Waals surface area contributed by atoms with Crippen molar-refractivity contribution in [1.82, 2.24) is 5.32 Å². The smallest absolute Gasteiger partial charge is 0.416 e. The predicted octanol–water partition coefficient (Wildman–Crippen LogP) is 4.77. The van der Waals surface area contributed by atoms with Crippen molar-refractivity contribution in [1.29, 1.82) is 0 Å². The molecule has 0 aliphatic carbocycles. The van der Waals surface area contributed by atoms with Crippen molar-refractivity contribution in [2.75, 3.05) is 7.11 Å². The van der Waals surface area contributed by atoms with E-state index in [4.69, 9.17) is 0 Å². The minimum absolute atomic E-state index is 0.0184. The zero-order chi connectivity index (χ0) is 23.4. The zero-order valence-electron chi connectivity index (χ0n) is 15.9. The number of ether oxygens (including phenoxy) is 1. The number of methoxy groups -OCH3 is 1. The number of hydrogen-bond acceptors (Lipinski definition) is 3. The summed E-state index contributed by atoms with van der Waals surface area (Å²) < 4.78 is 83.4. The quantitative estimate of drug-likeness (QED) is 0.316. The van der Waals surface area contributed by atoms with Gasteiger partial charge >= 0.3 is 18.3 Å². The third-order valence-electron chi connectivity index (χ3n) is 4.19. The van der Waals surface area contributed by atoms with Gasteiger partial charge in [-0.15, -0.1) is 0 Å². The first kappa shape index (κ1) is 25.0. The standard InChI is InChI=1S/C20H16F6INO3/c1-31-18(30)16(8-11-2-4-15(27)5-3-11)28-17(29)9-12-6-13(19(21,22)23)10-14(7-12)20(24,25)26/h2-7,10,16H,8-9H2,1H3,(H,28,29)/t16-/m1/s1. The molecule has 0 radical (unpaired) electrons. The van der Waals surface area contributed by atoms with E-state index in [1.165, 1.54) is 0 Å². The molecule has 2 rings (SSSR count). The minimum Gasteiger partial charge on any atom is -0.467 e. The Bertz CT molecular complexity index is 909. The first-order chi connectivity index (χ1) is 14.3. The van der Waals surface area contributed by atoms with Gasteiger partial charge in [0.25, 0.3) is 0 Å². The fourth-order valence-corrected chi connectivity index (χ4v) is 3.10. The van der Waals surface area contributed by atoms with Gasteiger partial charge in [-0.3, -0.25) is 4.79 Å². The van der Waals surface area contributed by atoms with Crippen LogP contribution in [-0.4, -0.2) is 25.0 Å². The average molecular weight is 559 g/mol. The highest BCUT2D eigenvalue weighted by Crippen LogP contribution is 2.36. The number of hydrogen-bond donors (Lipinski definition) is 1. The molecule has 0 aliphatic heterocycles. The number of esters is 1. The Balaban J connectivity index is 2.23. The van der Waals surface area contributed by atoms with Crippen LogP contribution in [0.5, 0.6) is 0 Å². The van der Waals surface area contributed by atoms with Crippen LogP contribution in [0.4, 0.5) is 26.3 Å². The van der Waals surface area contributed by atoms with Crippen LogP contribution in [0.15, 0.2) is 42.5 Å². The van der Waals surface area contributed by atoms with Crippen molar-refractivity contribution in [2.24, 2.45) is 0 Å². The molecule has 0 fully saturated rings. The lowest BCUT2D eigenvalue weighted by molar-refractivity contribution is -0.145. The molecule has 31 heavy (non-hydrogen) atoms. The number of alkyl halides is 6. The van der Waals surface area contributed by atoms with Crippen molar-refractivity contribution in [2.45, 2.75) is 31.2 Å². The van der Waals surface area contributed by atoms with Gasteiger partial charge in [0.2, 0.25) is 5.91 Å². The third kappa shape index (κ3) is 7.40. The van der Waals surface area contributed by atoms with Crippen LogP contribution >= 0.6 is 22.6 Å². The van der Waals surface area contributed by atoms with Crippen molar-refractivity contribution in [3.63, 3.8) is 0 Å². The molecule has 11 heteroatoms. The average Bonchev–Trinajstić information content (AvgIpc) is 2.66. The first-order valence-corrected chi connectivity index (χ1v) is 9.77. The Morgan fingerprint density at radius 3 is 1.90 bits per heavy atom. The molecule has 2 aromatic rings. The van der Waals surface area contributed by atoms with Gasteiger partial charge in [0.1, 0.15) is 6.04 Å². The lowest BCUT2D eigenvalue weighted by Crippen LogP contribution is -2.43. The van der Waals surface area contributed by atoms with E-state index in [1.54, 1.807) is 24.3 Å². The molecule has 1 atom stereocenters. The Hall–Kier alpha value is -2.31. The highest BCUT2D eigenvalue weighted by molar-refractivity contribution is 14.1. The molecule has 0 aliphatic rings. The molecule has 0 aromatic heterocycles. The summed E-state index contributed by atoms with van der Waals surface area (Å²) in [5.41, 5.74) is -2.85. The molecular weight excluding hydrogens is 543 g/mol. The van der Waals surface area contributed by atoms with E-state index in [-0.39, 0.29) is 12.5 Å². The molecule has 0 heterocycles. The van der Waals surface area contributed by atoms with E-state index in [0.29, 0.717) is 17.7 Å². The maximum atomic E-state index is 13.0. The number of carbonyl (C=O) groups excluding carboxylic acids is 2. The number of rotatable bonds is 6. The van der Waals surface area contributed by atoms with E-state index in [9.17, 15) is 35.9 Å². The molecule has 168 valence electrons. The molecule has 1 N–H and O–H groups in total. The fourth-order valence-electron chi connectivity index (χ4n) is 2.74. The number of nitrogens with one attached hydrogen (secondary N) is 1. The van der Waals surface area contributed by atoms with Gasteiger partial charge in [0, 0.05) is 9.99 Å². The lowest BCUT2D eigenvalue weighted by atomic mass is 10.0. The third-order valence-corrected chi connectivity index (χ3v) is 4.91. The summed E-state index contributed by atoms with van der Waals surface area (Å²) in [5.74, 6) is -1.72. The Labute approximate surface area is 187 Å². The van der Waals surface area contributed by atoms with Gasteiger partial charge in [0.05, 0.1) is 24.7 Å². The summed E-state index contributed by atoms with van der Waals surface area (Å²) in [6.45, 7) is 0. The molecule has 4 nitrogen and oxygen atoms in total. The van der Waals surface area contributed by atoms with E-state index >= 15 is 0 Å². The second kappa shape index (κ2) is 9.88. The van der Waals surface area contributed by atoms with Crippen LogP contribution < -0.4 is 5.32 Å². The van der Waals surface area contributed by atoms with Gasteiger partial charge in [-0.05, 0) is 64.0 Å². The Kier molecular flexibility index (Phi) is 7.95. The highest BCUT2D eigenvalue weighted by Gasteiger charge is 2.37. The summed E-state index contributed by atoms with van der Waals surface area (Å²) in [4.78, 5) is 24.3. The predicted molar refractivity (Wildman–Crippen MR) is 107 cm³/mol. The zero-order valence-corrected chi connectivity index (χ0v) is 18.1. The second-order valence-electron chi connectivity index (χ2n) is 6.56. The number of carbonyl (C=O) groups is 2. The number of halogens is 7. The SMILES string of the molecule is COC(=O)[C@@H](Cc1ccc(I)cc1)NC(=O)Cc1cc(C(F)(F)F)cc(C(F)(F)F)c1. The van der Waals surface area contributed by atoms with E-state index in [0.717, 1.165) is 10.7 Å². The molecule has 0 bridgehead atoms. The van der Waals surface area contributed by atoms with Crippen molar-refractivity contribution >= 4 is 34.5 Å². The van der Waals surface area contributed by atoms with E-state index in [2.05, 4.69) is 32.6 Å². The second-order valence-corrected chi connectivity index (χ2v) is 7.81. The fraction of sp³-hybridized carbons (Fsp3) is 0.300. The normalized spacial score (nSPS) is 12.9. The van der Waals surface area contributed by atoms with Gasteiger partial charge < -0.3 is 10.1 Å². The maximum absolute atomic E-state index is 13.0. The summed E-state index contributed by atoms with van der Waals surface area (Å²) >= 11 is 2.08. The van der Waals surface area contributed by atoms with Gasteiger partial charge in [-0.1, -0.05) is 12.1 Å². The summed E-state index contributed by atoms with van der Waals surface area (Å²) in [6, 6.07) is 6.74. The maximum Gasteiger partial charge on any atom is 0.416 e. The number of amides is 1. The minimum atomic E-state index is -5.02. The highest BCUT2D eigenvalue weighted by atomic mass is 127. The molecule has 2 aromatic carbocycles. The Morgan fingerprint density at radius 1 is 0.935 bits per heavy atom. The van der Waals surface area contributed by atoms with Gasteiger partial charge in [0.15, 0.2) is 0 Å². The lowest BCUT2D eigenvalue weighted by Gasteiger charge is -2.18. The molecule has 0 unspecified atom stereocenters. The summed E-state index contributed by atoms with van der Waals surface area (Å²) in [7, 11) is 1.10. The molecule has 0 saturated carbocycles. The first-order valence-electron chi connectivity index (χ1n) is 8.69. The molecular formula is C20H16F6INO3. The van der Waals surface area contributed by atoms with Crippen molar-refractivity contribution in [3.05, 3.63) is 68.3 Å². The van der Waals surface area contributed by atoms with Crippen molar-refractivity contribution in [3.8, 4) is 0 Å². The molecule has 0 saturated heterocycles. The van der Waals surface area contributed by atoms with E-state index < -0.39 is 53.4 Å². The van der Waals surface area contributed by atoms with Crippen LogP contribution in [0.25, 0.3) is 0 Å². The summed E-state index contributed by atoms with van der Waals surface area (Å²) in [5, 5.41) is 2.32. The van der Waals surface area contributed by atoms with E-state index in [1.807, 2.05) is 0 Å². The van der Waals surface area contributed by atoms with Crippen LogP contribution in [0.2, 0.25) is 0 Å². The van der Waals surface area contributed by atoms with Crippen LogP contribution in [0.1, 0.15) is 22.3 Å². The molecule has 1 amide bonds. The van der Waals surface area contributed by atoms with Crippen LogP contribution in [0.3, 0.4) is 0 Å². The monoisotopic (exact) mass is 559 g/mol. The largest absolute Gasteiger partial charge is 0.467 e. The topological polar surface area (TPSA) is 55.4 Å². The van der Waals surface area contributed by atoms with Gasteiger partial charge in [-0.2, -0.15) is 26.3 Å². The molecule has 0 spiro atoms. The van der Waals surface area contributed by atoms with Gasteiger partial charge in [-0.25, -0.2) is 4.79 Å². The van der Waals surface area contributed by atoms with Crippen molar-refractivity contribution < 1.29 is 40.7 Å². The Morgan fingerprint density at radius 2 is 1.45 bits per heavy atom. The van der Waals surface area contributed by atoms with Crippen LogP contribution in [-0.2, 0) is 39.5 Å².